The molecule has 0 aromatic heterocycles. The molecule has 6 heteroatoms. The molecule has 1 rings (SSSR count). The number of hydrogen-bond acceptors (Lipinski definition) is 0. The van der Waals surface area contributed by atoms with E-state index >= 15 is 0 Å². The second-order valence-electron chi connectivity index (χ2n) is 7.11. The molecule has 0 unspecified atom stereocenters. The fourth-order valence-electron chi connectivity index (χ4n) is 2.62. The first-order valence-electron chi connectivity index (χ1n) is 6.60. The van der Waals surface area contributed by atoms with Crippen LogP contribution < -0.4 is 24.8 Å². The van der Waals surface area contributed by atoms with Crippen molar-refractivity contribution in [1.29, 1.82) is 0 Å². The van der Waals surface area contributed by atoms with E-state index in [9.17, 15) is 0 Å². The summed E-state index contributed by atoms with van der Waals surface area (Å²) in [6, 6.07) is 2.56. The van der Waals surface area contributed by atoms with Gasteiger partial charge in [0.05, 0.1) is 0 Å². The zero-order valence-electron chi connectivity index (χ0n) is 13.2. The van der Waals surface area contributed by atoms with E-state index in [1.54, 1.807) is 0 Å². The van der Waals surface area contributed by atoms with Gasteiger partial charge in [0, 0.05) is 0 Å². The first-order chi connectivity index (χ1) is 7.12. The van der Waals surface area contributed by atoms with Gasteiger partial charge >= 0.3 is 21.7 Å². The Morgan fingerprint density at radius 3 is 1.26 bits per heavy atom. The van der Waals surface area contributed by atoms with E-state index in [0.717, 1.165) is 0 Å². The van der Waals surface area contributed by atoms with Gasteiger partial charge in [0.15, 0.2) is 0 Å². The Balaban J connectivity index is -0.000000853. The van der Waals surface area contributed by atoms with E-state index in [2.05, 4.69) is 41.5 Å². The maximum absolute atomic E-state index is 5.16. The Bertz CT molecular complexity index is 216. The van der Waals surface area contributed by atoms with Crippen molar-refractivity contribution in [2.75, 3.05) is 0 Å². The first-order valence-corrected chi connectivity index (χ1v) is 8.91. The summed E-state index contributed by atoms with van der Waals surface area (Å²) in [5, 5.41) is 0. The molecule has 0 atom stereocenters. The topological polar surface area (TPSA) is 28.2 Å². The molecule has 1 aliphatic rings. The normalized spacial score (nSPS) is 18.6. The van der Waals surface area contributed by atoms with E-state index in [1.165, 1.54) is 31.4 Å². The molecular formula is C13H28Cl2N2SiTi. The summed E-state index contributed by atoms with van der Waals surface area (Å²) in [5.74, 6) is 0. The molecule has 1 aliphatic heterocycles. The number of rotatable bonds is 2. The fourth-order valence-corrected chi connectivity index (χ4v) is 7.49. The van der Waals surface area contributed by atoms with Crippen molar-refractivity contribution >= 4 is 8.40 Å². The maximum Gasteiger partial charge on any atom is 4.00 e. The summed E-state index contributed by atoms with van der Waals surface area (Å²) in [6.45, 7) is 13.3. The Morgan fingerprint density at radius 2 is 1.00 bits per heavy atom. The van der Waals surface area contributed by atoms with Gasteiger partial charge in [-0.25, -0.2) is 0 Å². The monoisotopic (exact) mass is 358 g/mol. The SMILES string of the molecule is CC(C)(C)[N-][Si]1([N-]C(C)(C)C)CCCCC1.[Cl-].[Cl-].[Ti+4]. The summed E-state index contributed by atoms with van der Waals surface area (Å²) >= 11 is 0. The molecule has 0 aromatic rings. The molecule has 0 saturated carbocycles. The third-order valence-corrected chi connectivity index (χ3v) is 7.22. The molecule has 0 radical (unpaired) electrons. The van der Waals surface area contributed by atoms with Crippen molar-refractivity contribution in [1.82, 2.24) is 0 Å². The Labute approximate surface area is 148 Å². The molecule has 1 saturated heterocycles. The zero-order chi connectivity index (χ0) is 12.4. The second kappa shape index (κ2) is 9.45. The second-order valence-corrected chi connectivity index (χ2v) is 10.5. The van der Waals surface area contributed by atoms with Gasteiger partial charge in [0.25, 0.3) is 0 Å². The van der Waals surface area contributed by atoms with Crippen molar-refractivity contribution < 1.29 is 46.5 Å². The first kappa shape index (κ1) is 25.4. The number of hydrogen-bond donors (Lipinski definition) is 0. The van der Waals surface area contributed by atoms with Crippen LogP contribution in [0, 0.1) is 0 Å². The van der Waals surface area contributed by atoms with Crippen molar-refractivity contribution in [3.05, 3.63) is 9.96 Å². The Morgan fingerprint density at radius 1 is 0.684 bits per heavy atom. The van der Waals surface area contributed by atoms with Crippen molar-refractivity contribution in [2.45, 2.75) is 84.0 Å². The van der Waals surface area contributed by atoms with Crippen LogP contribution in [-0.2, 0) is 21.7 Å². The Kier molecular flexibility index (Phi) is 12.6. The molecule has 0 spiro atoms. The average Bonchev–Trinajstić information content (AvgIpc) is 1.97. The van der Waals surface area contributed by atoms with Crippen LogP contribution in [0.1, 0.15) is 60.8 Å². The van der Waals surface area contributed by atoms with Crippen LogP contribution in [0.25, 0.3) is 9.96 Å². The van der Waals surface area contributed by atoms with E-state index in [1.807, 2.05) is 0 Å². The largest absolute Gasteiger partial charge is 4.00 e. The van der Waals surface area contributed by atoms with Gasteiger partial charge in [-0.1, -0.05) is 72.9 Å². The van der Waals surface area contributed by atoms with Crippen LogP contribution in [0.3, 0.4) is 0 Å². The molecule has 0 amide bonds. The maximum atomic E-state index is 5.16. The number of nitrogens with zero attached hydrogens (tertiary/aromatic N) is 2. The zero-order valence-corrected chi connectivity index (χ0v) is 17.3. The molecule has 0 N–H and O–H groups in total. The van der Waals surface area contributed by atoms with Crippen LogP contribution in [-0.4, -0.2) is 19.5 Å². The van der Waals surface area contributed by atoms with Gasteiger partial charge in [0.2, 0.25) is 0 Å². The van der Waals surface area contributed by atoms with Crippen LogP contribution >= 0.6 is 0 Å². The molecule has 112 valence electrons. The van der Waals surface area contributed by atoms with Crippen LogP contribution in [0.4, 0.5) is 0 Å². The number of halogens is 2. The molecule has 1 fully saturated rings. The van der Waals surface area contributed by atoms with Gasteiger partial charge in [0.1, 0.15) is 0 Å². The fraction of sp³-hybridized carbons (Fsp3) is 1.00. The average molecular weight is 359 g/mol. The van der Waals surface area contributed by atoms with Crippen LogP contribution in [0.15, 0.2) is 0 Å². The standard InChI is InChI=1S/C13H28N2Si.2ClH.Ti/c1-12(2,3)14-16(15-13(4,5)6)10-8-7-9-11-16;;;/h7-11H2,1-6H3;2*1H;/q-2;;;+4/p-2. The molecule has 0 bridgehead atoms. The van der Waals surface area contributed by atoms with Crippen LogP contribution in [0.2, 0.25) is 12.1 Å². The van der Waals surface area contributed by atoms with Gasteiger partial charge in [-0.2, -0.15) is 8.40 Å². The smallest absolute Gasteiger partial charge is 1.00 e. The van der Waals surface area contributed by atoms with Crippen molar-refractivity contribution in [2.24, 2.45) is 0 Å². The van der Waals surface area contributed by atoms with E-state index in [4.69, 9.17) is 9.96 Å². The molecule has 0 aromatic carbocycles. The van der Waals surface area contributed by atoms with Gasteiger partial charge in [-0.05, 0) is 0 Å². The molecule has 1 heterocycles. The molecule has 0 aliphatic carbocycles. The third-order valence-electron chi connectivity index (χ3n) is 2.74. The van der Waals surface area contributed by atoms with Crippen molar-refractivity contribution in [3.63, 3.8) is 0 Å². The summed E-state index contributed by atoms with van der Waals surface area (Å²) < 4.78 is 0. The van der Waals surface area contributed by atoms with Gasteiger partial charge in [-0.15, -0.1) is 11.1 Å². The molecule has 19 heavy (non-hydrogen) atoms. The summed E-state index contributed by atoms with van der Waals surface area (Å²) in [4.78, 5) is 10.3. The summed E-state index contributed by atoms with van der Waals surface area (Å²) in [5.41, 5.74) is 0.163. The van der Waals surface area contributed by atoms with Crippen LogP contribution in [0.5, 0.6) is 0 Å². The minimum atomic E-state index is -1.70. The van der Waals surface area contributed by atoms with E-state index in [0.29, 0.717) is 0 Å². The predicted molar refractivity (Wildman–Crippen MR) is 75.4 cm³/mol. The van der Waals surface area contributed by atoms with Gasteiger partial charge in [-0.3, -0.25) is 0 Å². The van der Waals surface area contributed by atoms with Gasteiger partial charge < -0.3 is 34.8 Å². The van der Waals surface area contributed by atoms with E-state index < -0.39 is 8.40 Å². The molecule has 2 nitrogen and oxygen atoms in total. The Hall–Kier alpha value is 1.43. The summed E-state index contributed by atoms with van der Waals surface area (Å²) in [7, 11) is -1.70. The van der Waals surface area contributed by atoms with E-state index in [-0.39, 0.29) is 57.6 Å². The molecular weight excluding hydrogens is 331 g/mol. The minimum Gasteiger partial charge on any atom is -1.00 e. The summed E-state index contributed by atoms with van der Waals surface area (Å²) in [6.07, 6.45) is 4.06. The predicted octanol–water partition coefficient (Wildman–Crippen LogP) is -1.04. The quantitative estimate of drug-likeness (QED) is 0.564. The third kappa shape index (κ3) is 10.8. The van der Waals surface area contributed by atoms with Crippen molar-refractivity contribution in [3.8, 4) is 0 Å². The minimum absolute atomic E-state index is 0.